The normalized spacial score (nSPS) is 13.9. The predicted molar refractivity (Wildman–Crippen MR) is 118 cm³/mol. The summed E-state index contributed by atoms with van der Waals surface area (Å²) in [6, 6.07) is 12.7. The van der Waals surface area contributed by atoms with Gasteiger partial charge in [0.05, 0.1) is 16.1 Å². The van der Waals surface area contributed by atoms with Gasteiger partial charge in [0, 0.05) is 37.9 Å². The van der Waals surface area contributed by atoms with Crippen LogP contribution in [0.4, 0.5) is 11.5 Å². The highest BCUT2D eigenvalue weighted by Crippen LogP contribution is 2.21. The molecule has 8 heteroatoms. The number of rotatable bonds is 4. The lowest BCUT2D eigenvalue weighted by Crippen LogP contribution is -2.49. The highest BCUT2D eigenvalue weighted by Gasteiger charge is 2.25. The van der Waals surface area contributed by atoms with Gasteiger partial charge in [-0.15, -0.1) is 11.3 Å². The molecule has 2 amide bonds. The lowest BCUT2D eigenvalue weighted by atomic mass is 10.1. The van der Waals surface area contributed by atoms with Crippen LogP contribution in [0.5, 0.6) is 0 Å². The average molecular weight is 422 g/mol. The Bertz CT molecular complexity index is 1040. The third kappa shape index (κ3) is 4.33. The van der Waals surface area contributed by atoms with Crippen molar-refractivity contribution in [1.82, 2.24) is 14.9 Å². The molecule has 0 radical (unpaired) electrons. The van der Waals surface area contributed by atoms with E-state index in [1.54, 1.807) is 18.2 Å². The Hall–Kier alpha value is -3.26. The number of piperazine rings is 1. The van der Waals surface area contributed by atoms with E-state index < -0.39 is 0 Å². The van der Waals surface area contributed by atoms with E-state index in [2.05, 4.69) is 20.2 Å². The van der Waals surface area contributed by atoms with Gasteiger partial charge in [-0.2, -0.15) is 0 Å². The molecule has 3 heterocycles. The molecule has 1 aliphatic rings. The molecule has 1 aliphatic heterocycles. The van der Waals surface area contributed by atoms with Gasteiger partial charge in [0.2, 0.25) is 0 Å². The number of anilines is 2. The summed E-state index contributed by atoms with van der Waals surface area (Å²) in [5.74, 6) is 1.37. The van der Waals surface area contributed by atoms with Gasteiger partial charge in [-0.25, -0.2) is 9.97 Å². The van der Waals surface area contributed by atoms with E-state index in [1.807, 2.05) is 48.4 Å². The van der Waals surface area contributed by atoms with Crippen molar-refractivity contribution in [1.29, 1.82) is 0 Å². The summed E-state index contributed by atoms with van der Waals surface area (Å²) >= 11 is 1.37. The zero-order valence-corrected chi connectivity index (χ0v) is 17.8. The van der Waals surface area contributed by atoms with Gasteiger partial charge in [0.25, 0.3) is 11.8 Å². The summed E-state index contributed by atoms with van der Waals surface area (Å²) in [6.45, 7) is 6.43. The maximum Gasteiger partial charge on any atom is 0.265 e. The lowest BCUT2D eigenvalue weighted by Gasteiger charge is -2.35. The quantitative estimate of drug-likeness (QED) is 0.699. The average Bonchev–Trinajstić information content (AvgIpc) is 3.28. The first-order valence-electron chi connectivity index (χ1n) is 9.81. The number of aromatic nitrogens is 2. The Morgan fingerprint density at radius 2 is 1.77 bits per heavy atom. The predicted octanol–water partition coefficient (Wildman–Crippen LogP) is 3.37. The first-order valence-corrected chi connectivity index (χ1v) is 10.7. The van der Waals surface area contributed by atoms with Gasteiger partial charge in [-0.3, -0.25) is 9.59 Å². The number of hydrogen-bond acceptors (Lipinski definition) is 6. The van der Waals surface area contributed by atoms with Crippen LogP contribution in [0, 0.1) is 13.8 Å². The lowest BCUT2D eigenvalue weighted by molar-refractivity contribution is 0.0747. The number of amides is 2. The maximum atomic E-state index is 13.2. The number of benzene rings is 1. The molecule has 0 aliphatic carbocycles. The van der Waals surface area contributed by atoms with Crippen LogP contribution in [-0.4, -0.2) is 52.9 Å². The molecule has 0 bridgehead atoms. The van der Waals surface area contributed by atoms with Crippen molar-refractivity contribution in [3.63, 3.8) is 0 Å². The molecule has 1 N–H and O–H groups in total. The van der Waals surface area contributed by atoms with E-state index in [1.165, 1.54) is 11.3 Å². The molecule has 7 nitrogen and oxygen atoms in total. The number of para-hydroxylation sites is 1. The number of hydrogen-bond donors (Lipinski definition) is 1. The van der Waals surface area contributed by atoms with Crippen LogP contribution in [0.15, 0.2) is 47.8 Å². The highest BCUT2D eigenvalue weighted by molar-refractivity contribution is 7.12. The Morgan fingerprint density at radius 1 is 1.00 bits per heavy atom. The smallest absolute Gasteiger partial charge is 0.265 e. The number of aryl methyl sites for hydroxylation is 2. The van der Waals surface area contributed by atoms with Crippen molar-refractivity contribution < 1.29 is 9.59 Å². The molecule has 1 saturated heterocycles. The minimum atomic E-state index is -0.204. The molecule has 154 valence electrons. The summed E-state index contributed by atoms with van der Waals surface area (Å²) in [5, 5.41) is 4.73. The second-order valence-electron chi connectivity index (χ2n) is 7.17. The van der Waals surface area contributed by atoms with Crippen molar-refractivity contribution in [2.45, 2.75) is 13.8 Å². The highest BCUT2D eigenvalue weighted by atomic mass is 32.1. The third-order valence-electron chi connectivity index (χ3n) is 4.99. The van der Waals surface area contributed by atoms with Crippen LogP contribution >= 0.6 is 11.3 Å². The van der Waals surface area contributed by atoms with Gasteiger partial charge in [0.15, 0.2) is 0 Å². The van der Waals surface area contributed by atoms with Crippen LogP contribution in [0.2, 0.25) is 0 Å². The van der Waals surface area contributed by atoms with Crippen LogP contribution < -0.4 is 10.2 Å². The van der Waals surface area contributed by atoms with Crippen LogP contribution in [0.1, 0.15) is 31.5 Å². The molecule has 0 unspecified atom stereocenters. The number of nitrogens with one attached hydrogen (secondary N) is 1. The fraction of sp³-hybridized carbons (Fsp3) is 0.273. The Balaban J connectivity index is 1.45. The molecule has 30 heavy (non-hydrogen) atoms. The second kappa shape index (κ2) is 8.62. The van der Waals surface area contributed by atoms with Crippen molar-refractivity contribution in [2.75, 3.05) is 36.4 Å². The first-order chi connectivity index (χ1) is 14.5. The number of carbonyl (C=O) groups excluding carboxylic acids is 2. The standard InChI is InChI=1S/C22H23N5O2S/c1-15-14-20(24-16(2)23-15)26-9-11-27(12-10-26)22(29)17-6-3-4-7-18(17)25-21(28)19-8-5-13-30-19/h3-8,13-14H,9-12H2,1-2H3,(H,25,28). The zero-order chi connectivity index (χ0) is 21.1. The van der Waals surface area contributed by atoms with E-state index in [9.17, 15) is 9.59 Å². The number of nitrogens with zero attached hydrogens (tertiary/aromatic N) is 4. The van der Waals surface area contributed by atoms with E-state index in [0.29, 0.717) is 42.3 Å². The Kier molecular flexibility index (Phi) is 5.76. The van der Waals surface area contributed by atoms with Gasteiger partial charge >= 0.3 is 0 Å². The summed E-state index contributed by atoms with van der Waals surface area (Å²) < 4.78 is 0. The van der Waals surface area contributed by atoms with Crippen molar-refractivity contribution >= 4 is 34.7 Å². The fourth-order valence-electron chi connectivity index (χ4n) is 3.54. The SMILES string of the molecule is Cc1cc(N2CCN(C(=O)c3ccccc3NC(=O)c3cccs3)CC2)nc(C)n1. The summed E-state index contributed by atoms with van der Waals surface area (Å²) in [5.41, 5.74) is 1.97. The van der Waals surface area contributed by atoms with E-state index >= 15 is 0 Å². The van der Waals surface area contributed by atoms with Gasteiger partial charge < -0.3 is 15.1 Å². The van der Waals surface area contributed by atoms with Crippen molar-refractivity contribution in [3.05, 3.63) is 69.8 Å². The third-order valence-corrected chi connectivity index (χ3v) is 5.86. The molecule has 1 aromatic carbocycles. The molecule has 1 fully saturated rings. The van der Waals surface area contributed by atoms with Crippen LogP contribution in [0.25, 0.3) is 0 Å². The van der Waals surface area contributed by atoms with Crippen LogP contribution in [0.3, 0.4) is 0 Å². The largest absolute Gasteiger partial charge is 0.353 e. The molecule has 0 atom stereocenters. The first kappa shape index (κ1) is 20.0. The van der Waals surface area contributed by atoms with Crippen molar-refractivity contribution in [3.8, 4) is 0 Å². The van der Waals surface area contributed by atoms with Gasteiger partial charge in [-0.1, -0.05) is 18.2 Å². The minimum Gasteiger partial charge on any atom is -0.353 e. The molecule has 0 spiro atoms. The maximum absolute atomic E-state index is 13.2. The summed E-state index contributed by atoms with van der Waals surface area (Å²) in [7, 11) is 0. The minimum absolute atomic E-state index is 0.0771. The Morgan fingerprint density at radius 3 is 2.47 bits per heavy atom. The molecule has 2 aromatic heterocycles. The number of thiophene rings is 1. The second-order valence-corrected chi connectivity index (χ2v) is 8.12. The monoisotopic (exact) mass is 421 g/mol. The summed E-state index contributed by atoms with van der Waals surface area (Å²) in [4.78, 5) is 39.1. The van der Waals surface area contributed by atoms with E-state index in [0.717, 1.165) is 17.3 Å². The van der Waals surface area contributed by atoms with Gasteiger partial charge in [0.1, 0.15) is 11.6 Å². The summed E-state index contributed by atoms with van der Waals surface area (Å²) in [6.07, 6.45) is 0. The fourth-order valence-corrected chi connectivity index (χ4v) is 4.16. The van der Waals surface area contributed by atoms with Crippen molar-refractivity contribution in [2.24, 2.45) is 0 Å². The Labute approximate surface area is 179 Å². The molecule has 0 saturated carbocycles. The molecular weight excluding hydrogens is 398 g/mol. The molecule has 3 aromatic rings. The van der Waals surface area contributed by atoms with Gasteiger partial charge in [-0.05, 0) is 37.4 Å². The zero-order valence-electron chi connectivity index (χ0n) is 17.0. The molecule has 4 rings (SSSR count). The molecular formula is C22H23N5O2S. The van der Waals surface area contributed by atoms with Crippen LogP contribution in [-0.2, 0) is 0 Å². The van der Waals surface area contributed by atoms with E-state index in [4.69, 9.17) is 0 Å². The number of carbonyl (C=O) groups is 2. The topological polar surface area (TPSA) is 78.4 Å². The van der Waals surface area contributed by atoms with E-state index in [-0.39, 0.29) is 11.8 Å².